The molecule has 3 nitrogen and oxygen atoms in total. The number of aliphatic hydroxyl groups excluding tert-OH is 1. The first-order chi connectivity index (χ1) is 4.72. The van der Waals surface area contributed by atoms with Crippen LogP contribution in [0.5, 0.6) is 0 Å². The molecule has 1 saturated heterocycles. The molecule has 0 amide bonds. The predicted molar refractivity (Wildman–Crippen MR) is 36.5 cm³/mol. The minimum Gasteiger partial charge on any atom is -0.368 e. The summed E-state index contributed by atoms with van der Waals surface area (Å²) < 4.78 is 9.60. The molecule has 0 aliphatic carbocycles. The van der Waals surface area contributed by atoms with Crippen LogP contribution in [0.3, 0.4) is 0 Å². The summed E-state index contributed by atoms with van der Waals surface area (Å²) in [7, 11) is 0. The standard InChI is InChI=1S/C6H11ClO3/c1-4-2-5(10-7)3-6(8)9-4/h4-6,8H,2-3H2,1H3/t4-,5-,6?/m1/s1. The van der Waals surface area contributed by atoms with E-state index in [-0.39, 0.29) is 12.2 Å². The van der Waals surface area contributed by atoms with Gasteiger partial charge in [-0.25, -0.2) is 0 Å². The van der Waals surface area contributed by atoms with Crippen LogP contribution in [-0.2, 0) is 9.03 Å². The molecule has 0 aromatic rings. The molecular weight excluding hydrogens is 156 g/mol. The van der Waals surface area contributed by atoms with Crippen molar-refractivity contribution < 1.29 is 14.1 Å². The van der Waals surface area contributed by atoms with E-state index in [1.807, 2.05) is 6.92 Å². The molecule has 1 heterocycles. The van der Waals surface area contributed by atoms with Crippen LogP contribution in [0.1, 0.15) is 19.8 Å². The molecule has 60 valence electrons. The highest BCUT2D eigenvalue weighted by atomic mass is 35.5. The number of rotatable bonds is 1. The van der Waals surface area contributed by atoms with Crippen LogP contribution in [-0.4, -0.2) is 23.6 Å². The first-order valence-electron chi connectivity index (χ1n) is 3.33. The summed E-state index contributed by atoms with van der Waals surface area (Å²) in [6.07, 6.45) is 0.467. The van der Waals surface area contributed by atoms with E-state index in [2.05, 4.69) is 4.29 Å². The van der Waals surface area contributed by atoms with Gasteiger partial charge in [0, 0.05) is 12.8 Å². The minimum absolute atomic E-state index is 0.0347. The van der Waals surface area contributed by atoms with Gasteiger partial charge in [-0.05, 0) is 6.92 Å². The fourth-order valence-corrected chi connectivity index (χ4v) is 1.29. The van der Waals surface area contributed by atoms with Crippen molar-refractivity contribution in [2.24, 2.45) is 0 Å². The lowest BCUT2D eigenvalue weighted by Gasteiger charge is -2.28. The van der Waals surface area contributed by atoms with E-state index in [1.165, 1.54) is 0 Å². The molecule has 1 unspecified atom stereocenters. The molecule has 0 saturated carbocycles. The van der Waals surface area contributed by atoms with Gasteiger partial charge in [0.2, 0.25) is 0 Å². The Bertz CT molecular complexity index is 99.2. The van der Waals surface area contributed by atoms with Crippen LogP contribution < -0.4 is 0 Å². The van der Waals surface area contributed by atoms with Gasteiger partial charge in [0.15, 0.2) is 6.29 Å². The van der Waals surface area contributed by atoms with E-state index in [0.29, 0.717) is 6.42 Å². The predicted octanol–water partition coefficient (Wildman–Crippen LogP) is 1.04. The zero-order chi connectivity index (χ0) is 7.56. The van der Waals surface area contributed by atoms with Crippen molar-refractivity contribution in [3.63, 3.8) is 0 Å². The summed E-state index contributed by atoms with van der Waals surface area (Å²) in [6.45, 7) is 1.88. The van der Waals surface area contributed by atoms with Crippen LogP contribution in [0.15, 0.2) is 0 Å². The quantitative estimate of drug-likeness (QED) is 0.633. The highest BCUT2D eigenvalue weighted by Gasteiger charge is 2.25. The van der Waals surface area contributed by atoms with Gasteiger partial charge in [0.1, 0.15) is 0 Å². The Balaban J connectivity index is 2.35. The van der Waals surface area contributed by atoms with Gasteiger partial charge in [0.05, 0.1) is 24.1 Å². The number of hydrogen-bond acceptors (Lipinski definition) is 3. The van der Waals surface area contributed by atoms with Gasteiger partial charge in [-0.1, -0.05) is 0 Å². The monoisotopic (exact) mass is 166 g/mol. The zero-order valence-corrected chi connectivity index (χ0v) is 6.54. The van der Waals surface area contributed by atoms with Crippen molar-refractivity contribution in [1.29, 1.82) is 0 Å². The Kier molecular flexibility index (Phi) is 2.92. The van der Waals surface area contributed by atoms with E-state index >= 15 is 0 Å². The lowest BCUT2D eigenvalue weighted by atomic mass is 10.1. The Morgan fingerprint density at radius 3 is 2.80 bits per heavy atom. The Morgan fingerprint density at radius 2 is 2.30 bits per heavy atom. The second kappa shape index (κ2) is 3.53. The Morgan fingerprint density at radius 1 is 1.60 bits per heavy atom. The smallest absolute Gasteiger partial charge is 0.157 e. The number of hydrogen-bond donors (Lipinski definition) is 1. The van der Waals surface area contributed by atoms with Crippen LogP contribution >= 0.6 is 11.9 Å². The molecule has 0 spiro atoms. The molecule has 0 bridgehead atoms. The van der Waals surface area contributed by atoms with Crippen molar-refractivity contribution in [2.45, 2.75) is 38.3 Å². The molecule has 1 aliphatic rings. The molecule has 0 radical (unpaired) electrons. The van der Waals surface area contributed by atoms with Crippen LogP contribution in [0, 0.1) is 0 Å². The highest BCUT2D eigenvalue weighted by molar-refractivity contribution is 6.07. The fourth-order valence-electron chi connectivity index (χ4n) is 1.14. The topological polar surface area (TPSA) is 38.7 Å². The Hall–Kier alpha value is 0.170. The lowest BCUT2D eigenvalue weighted by Crippen LogP contribution is -2.34. The third kappa shape index (κ3) is 2.09. The molecule has 0 aromatic heterocycles. The highest BCUT2D eigenvalue weighted by Crippen LogP contribution is 2.20. The summed E-state index contributed by atoms with van der Waals surface area (Å²) in [5.41, 5.74) is 0. The lowest BCUT2D eigenvalue weighted by molar-refractivity contribution is -0.179. The van der Waals surface area contributed by atoms with Crippen LogP contribution in [0.4, 0.5) is 0 Å². The molecule has 1 rings (SSSR count). The molecule has 1 fully saturated rings. The van der Waals surface area contributed by atoms with Crippen molar-refractivity contribution in [3.05, 3.63) is 0 Å². The van der Waals surface area contributed by atoms with Crippen molar-refractivity contribution in [3.8, 4) is 0 Å². The molecule has 3 atom stereocenters. The second-order valence-electron chi connectivity index (χ2n) is 2.58. The molecular formula is C6H11ClO3. The van der Waals surface area contributed by atoms with Crippen molar-refractivity contribution in [1.82, 2.24) is 0 Å². The fraction of sp³-hybridized carbons (Fsp3) is 1.00. The maximum Gasteiger partial charge on any atom is 0.157 e. The van der Waals surface area contributed by atoms with E-state index in [0.717, 1.165) is 6.42 Å². The first-order valence-corrected chi connectivity index (χ1v) is 3.64. The molecule has 1 N–H and O–H groups in total. The summed E-state index contributed by atoms with van der Waals surface area (Å²) in [6, 6.07) is 0. The maximum atomic E-state index is 9.02. The van der Waals surface area contributed by atoms with Crippen molar-refractivity contribution >= 4 is 11.9 Å². The van der Waals surface area contributed by atoms with Crippen molar-refractivity contribution in [2.75, 3.05) is 0 Å². The van der Waals surface area contributed by atoms with Gasteiger partial charge in [-0.15, -0.1) is 0 Å². The maximum absolute atomic E-state index is 9.02. The average molecular weight is 167 g/mol. The summed E-state index contributed by atoms with van der Waals surface area (Å²) in [4.78, 5) is 0. The summed E-state index contributed by atoms with van der Waals surface area (Å²) >= 11 is 5.14. The second-order valence-corrected chi connectivity index (χ2v) is 2.76. The third-order valence-electron chi connectivity index (χ3n) is 1.57. The number of ether oxygens (including phenoxy) is 1. The molecule has 0 aromatic carbocycles. The largest absolute Gasteiger partial charge is 0.368 e. The van der Waals surface area contributed by atoms with Crippen LogP contribution in [0.25, 0.3) is 0 Å². The van der Waals surface area contributed by atoms with Crippen LogP contribution in [0.2, 0.25) is 0 Å². The van der Waals surface area contributed by atoms with E-state index in [4.69, 9.17) is 21.7 Å². The minimum atomic E-state index is -0.715. The first kappa shape index (κ1) is 8.27. The SMILES string of the molecule is C[C@@H]1C[C@@H](OCl)CC(O)O1. The van der Waals surface area contributed by atoms with Gasteiger partial charge in [0.25, 0.3) is 0 Å². The van der Waals surface area contributed by atoms with Gasteiger partial charge >= 0.3 is 0 Å². The number of halogens is 1. The average Bonchev–Trinajstić information content (AvgIpc) is 1.85. The van der Waals surface area contributed by atoms with E-state index in [1.54, 1.807) is 0 Å². The summed E-state index contributed by atoms with van der Waals surface area (Å²) in [5, 5.41) is 9.02. The van der Waals surface area contributed by atoms with E-state index in [9.17, 15) is 0 Å². The van der Waals surface area contributed by atoms with E-state index < -0.39 is 6.29 Å². The van der Waals surface area contributed by atoms with Gasteiger partial charge < -0.3 is 9.84 Å². The normalized spacial score (nSPS) is 41.7. The molecule has 10 heavy (non-hydrogen) atoms. The number of aliphatic hydroxyl groups is 1. The summed E-state index contributed by atoms with van der Waals surface area (Å²) in [5.74, 6) is 0. The Labute approximate surface area is 65.1 Å². The molecule has 4 heteroatoms. The molecule has 1 aliphatic heterocycles. The zero-order valence-electron chi connectivity index (χ0n) is 5.79. The van der Waals surface area contributed by atoms with Gasteiger partial charge in [-0.3, -0.25) is 4.29 Å². The third-order valence-corrected chi connectivity index (χ3v) is 1.83. The van der Waals surface area contributed by atoms with Gasteiger partial charge in [-0.2, -0.15) is 0 Å².